The first-order valence-corrected chi connectivity index (χ1v) is 11.0. The lowest BCUT2D eigenvalue weighted by atomic mass is 10.2. The molecule has 0 radical (unpaired) electrons. The van der Waals surface area contributed by atoms with Gasteiger partial charge in [-0.15, -0.1) is 0 Å². The Balaban J connectivity index is 2.24. The quantitative estimate of drug-likeness (QED) is 0.449. The fraction of sp³-hybridized carbons (Fsp3) is 0.263. The predicted molar refractivity (Wildman–Crippen MR) is 114 cm³/mol. The van der Waals surface area contributed by atoms with Crippen LogP contribution in [0.25, 0.3) is 0 Å². The first-order chi connectivity index (χ1) is 14.9. The van der Waals surface area contributed by atoms with E-state index >= 15 is 0 Å². The Morgan fingerprint density at radius 1 is 1.22 bits per heavy atom. The maximum Gasteiger partial charge on any atom is 0.417 e. The van der Waals surface area contributed by atoms with Gasteiger partial charge in [-0.05, 0) is 30.3 Å². The summed E-state index contributed by atoms with van der Waals surface area (Å²) in [5.74, 6) is -0.113. The van der Waals surface area contributed by atoms with Gasteiger partial charge in [0.05, 0.1) is 43.0 Å². The minimum atomic E-state index is -4.81. The fourth-order valence-corrected chi connectivity index (χ4v) is 3.71. The maximum absolute atomic E-state index is 13.1. The summed E-state index contributed by atoms with van der Waals surface area (Å²) >= 11 is 5.57. The number of hydrogen-bond acceptors (Lipinski definition) is 6. The van der Waals surface area contributed by atoms with Gasteiger partial charge in [-0.3, -0.25) is 9.10 Å². The molecule has 32 heavy (non-hydrogen) atoms. The van der Waals surface area contributed by atoms with Crippen LogP contribution in [-0.2, 0) is 21.0 Å². The number of para-hydroxylation sites is 1. The Morgan fingerprint density at radius 3 is 2.47 bits per heavy atom. The van der Waals surface area contributed by atoms with Crippen LogP contribution in [0.4, 0.5) is 18.9 Å². The lowest BCUT2D eigenvalue weighted by molar-refractivity contribution is -0.137. The van der Waals surface area contributed by atoms with Crippen LogP contribution in [0.1, 0.15) is 11.1 Å². The van der Waals surface area contributed by atoms with Gasteiger partial charge >= 0.3 is 6.18 Å². The molecule has 0 atom stereocenters. The van der Waals surface area contributed by atoms with Crippen LogP contribution in [0.5, 0.6) is 11.5 Å². The minimum absolute atomic E-state index is 0.353. The molecule has 2 aromatic rings. The highest BCUT2D eigenvalue weighted by molar-refractivity contribution is 7.92. The Kier molecular flexibility index (Phi) is 7.97. The Hall–Kier alpha value is -2.99. The molecule has 2 aromatic carbocycles. The number of sulfonamides is 1. The van der Waals surface area contributed by atoms with E-state index < -0.39 is 39.2 Å². The summed E-state index contributed by atoms with van der Waals surface area (Å²) in [5.41, 5.74) is 0.981. The zero-order chi connectivity index (χ0) is 24.1. The van der Waals surface area contributed by atoms with E-state index in [0.29, 0.717) is 27.4 Å². The average Bonchev–Trinajstić information content (AvgIpc) is 2.70. The molecule has 13 heteroatoms. The number of hydrogen-bond donors (Lipinski definition) is 1. The third kappa shape index (κ3) is 6.26. The first-order valence-electron chi connectivity index (χ1n) is 8.75. The van der Waals surface area contributed by atoms with Crippen LogP contribution >= 0.6 is 11.6 Å². The zero-order valence-corrected chi connectivity index (χ0v) is 18.7. The third-order valence-electron chi connectivity index (χ3n) is 4.06. The number of anilines is 1. The molecule has 174 valence electrons. The molecular formula is C19H19ClF3N3O5S. The van der Waals surface area contributed by atoms with Crippen LogP contribution in [0, 0.1) is 0 Å². The second-order valence-corrected chi connectivity index (χ2v) is 8.62. The van der Waals surface area contributed by atoms with Gasteiger partial charge in [0.2, 0.25) is 10.0 Å². The van der Waals surface area contributed by atoms with Gasteiger partial charge in [-0.1, -0.05) is 17.7 Å². The van der Waals surface area contributed by atoms with E-state index in [2.05, 4.69) is 10.5 Å². The second kappa shape index (κ2) is 10.1. The minimum Gasteiger partial charge on any atom is -0.493 e. The number of benzene rings is 2. The molecule has 1 amide bonds. The van der Waals surface area contributed by atoms with Crippen LogP contribution in [0.3, 0.4) is 0 Å². The largest absolute Gasteiger partial charge is 0.493 e. The van der Waals surface area contributed by atoms with E-state index in [1.165, 1.54) is 20.4 Å². The van der Waals surface area contributed by atoms with Crippen molar-refractivity contribution < 1.29 is 35.9 Å². The normalized spacial score (nSPS) is 12.0. The van der Waals surface area contributed by atoms with Gasteiger partial charge in [0, 0.05) is 5.56 Å². The van der Waals surface area contributed by atoms with Crippen LogP contribution < -0.4 is 19.2 Å². The Labute approximate surface area is 187 Å². The number of carbonyl (C=O) groups excluding carboxylic acids is 1. The van der Waals surface area contributed by atoms with Crippen molar-refractivity contribution >= 4 is 39.4 Å². The highest BCUT2D eigenvalue weighted by atomic mass is 35.5. The summed E-state index contributed by atoms with van der Waals surface area (Å²) in [6, 6.07) is 7.47. The molecule has 0 spiro atoms. The van der Waals surface area contributed by atoms with Crippen molar-refractivity contribution in [3.05, 3.63) is 52.5 Å². The molecule has 8 nitrogen and oxygen atoms in total. The summed E-state index contributed by atoms with van der Waals surface area (Å²) in [4.78, 5) is 12.3. The van der Waals surface area contributed by atoms with Gasteiger partial charge in [0.15, 0.2) is 11.5 Å². The van der Waals surface area contributed by atoms with E-state index in [4.69, 9.17) is 21.1 Å². The number of halogens is 4. The first kappa shape index (κ1) is 25.3. The van der Waals surface area contributed by atoms with Gasteiger partial charge in [-0.2, -0.15) is 18.3 Å². The number of nitrogens with one attached hydrogen (secondary N) is 1. The van der Waals surface area contributed by atoms with E-state index in [-0.39, 0.29) is 5.69 Å². The number of hydrazone groups is 1. The summed E-state index contributed by atoms with van der Waals surface area (Å²) < 4.78 is 74.5. The van der Waals surface area contributed by atoms with Gasteiger partial charge in [0.25, 0.3) is 5.91 Å². The van der Waals surface area contributed by atoms with Gasteiger partial charge < -0.3 is 9.47 Å². The van der Waals surface area contributed by atoms with Crippen LogP contribution in [0.15, 0.2) is 41.5 Å². The van der Waals surface area contributed by atoms with Crippen molar-refractivity contribution in [2.24, 2.45) is 5.10 Å². The molecule has 0 unspecified atom stereocenters. The van der Waals surface area contributed by atoms with Crippen molar-refractivity contribution in [3.8, 4) is 11.5 Å². The van der Waals surface area contributed by atoms with Crippen molar-refractivity contribution in [3.63, 3.8) is 0 Å². The topological polar surface area (TPSA) is 97.3 Å². The number of nitrogens with zero attached hydrogens (tertiary/aromatic N) is 2. The molecule has 2 rings (SSSR count). The van der Waals surface area contributed by atoms with Gasteiger partial charge in [0.1, 0.15) is 6.54 Å². The maximum atomic E-state index is 13.1. The summed E-state index contributed by atoms with van der Waals surface area (Å²) in [6.45, 7) is -0.815. The lowest BCUT2D eigenvalue weighted by Crippen LogP contribution is -2.39. The molecule has 0 heterocycles. The van der Waals surface area contributed by atoms with Crippen LogP contribution in [0.2, 0.25) is 5.02 Å². The highest BCUT2D eigenvalue weighted by Gasteiger charge is 2.34. The number of rotatable bonds is 8. The summed E-state index contributed by atoms with van der Waals surface area (Å²) in [6.07, 6.45) is -2.81. The smallest absolute Gasteiger partial charge is 0.417 e. The van der Waals surface area contributed by atoms with Gasteiger partial charge in [-0.25, -0.2) is 13.8 Å². The lowest BCUT2D eigenvalue weighted by Gasteiger charge is -2.22. The third-order valence-corrected chi connectivity index (χ3v) is 5.53. The molecule has 0 bridgehead atoms. The zero-order valence-electron chi connectivity index (χ0n) is 17.1. The number of methoxy groups -OCH3 is 2. The van der Waals surface area contributed by atoms with E-state index in [1.807, 2.05) is 0 Å². The van der Waals surface area contributed by atoms with Crippen molar-refractivity contribution in [2.75, 3.05) is 31.3 Å². The molecule has 0 aliphatic heterocycles. The second-order valence-electron chi connectivity index (χ2n) is 6.31. The number of carbonyl (C=O) groups is 1. The number of amides is 1. The molecule has 0 fully saturated rings. The standard InChI is InChI=1S/C19H19ClF3N3O5S/c1-30-16-6-4-5-12(18(16)31-2)10-24-25-17(27)11-26(32(3,28)29)13-7-8-15(20)14(9-13)19(21,22)23/h4-10H,11H2,1-3H3,(H,25,27)/b24-10-. The predicted octanol–water partition coefficient (Wildman–Crippen LogP) is 3.29. The molecule has 0 aliphatic carbocycles. The molecule has 0 saturated heterocycles. The van der Waals surface area contributed by atoms with E-state index in [1.54, 1.807) is 18.2 Å². The molecule has 0 aliphatic rings. The fourth-order valence-electron chi connectivity index (χ4n) is 2.64. The number of ether oxygens (including phenoxy) is 2. The Morgan fingerprint density at radius 2 is 1.91 bits per heavy atom. The number of alkyl halides is 3. The molecule has 1 N–H and O–H groups in total. The van der Waals surface area contributed by atoms with Crippen molar-refractivity contribution in [1.29, 1.82) is 0 Å². The molecular weight excluding hydrogens is 475 g/mol. The van der Waals surface area contributed by atoms with Crippen molar-refractivity contribution in [2.45, 2.75) is 6.18 Å². The highest BCUT2D eigenvalue weighted by Crippen LogP contribution is 2.37. The van der Waals surface area contributed by atoms with Crippen molar-refractivity contribution in [1.82, 2.24) is 5.43 Å². The summed E-state index contributed by atoms with van der Waals surface area (Å²) in [5, 5.41) is 3.14. The monoisotopic (exact) mass is 493 g/mol. The molecule has 0 saturated carbocycles. The molecule has 0 aromatic heterocycles. The SMILES string of the molecule is COc1cccc(/C=N\NC(=O)CN(c2ccc(Cl)c(C(F)(F)F)c2)S(C)(=O)=O)c1OC. The van der Waals surface area contributed by atoms with E-state index in [9.17, 15) is 26.4 Å². The average molecular weight is 494 g/mol. The Bertz CT molecular complexity index is 1120. The summed E-state index contributed by atoms with van der Waals surface area (Å²) in [7, 11) is -1.25. The van der Waals surface area contributed by atoms with Crippen LogP contribution in [-0.4, -0.2) is 47.6 Å². The van der Waals surface area contributed by atoms with E-state index in [0.717, 1.165) is 18.4 Å².